The summed E-state index contributed by atoms with van der Waals surface area (Å²) in [7, 11) is 1.63. The number of benzene rings is 1. The fourth-order valence-electron chi connectivity index (χ4n) is 2.43. The predicted octanol–water partition coefficient (Wildman–Crippen LogP) is 3.59. The van der Waals surface area contributed by atoms with Crippen molar-refractivity contribution in [1.29, 1.82) is 0 Å². The van der Waals surface area contributed by atoms with Gasteiger partial charge in [0.2, 0.25) is 5.91 Å². The van der Waals surface area contributed by atoms with Gasteiger partial charge in [-0.25, -0.2) is 4.98 Å². The summed E-state index contributed by atoms with van der Waals surface area (Å²) in [6, 6.07) is 13.3. The standard InChI is InChI=1S/C18H15N5O2S2/c1-25-13-7-5-12(6-8-13)14-10-26-17(19-14)20-16(24)11-27-18-22-21-15-4-2-3-9-23(15)18/h2-10H,11H2,1H3,(H,19,20,24). The second-order valence-corrected chi connectivity index (χ2v) is 7.32. The Balaban J connectivity index is 1.37. The SMILES string of the molecule is COc1ccc(-c2csc(NC(=O)CSc3nnc4ccccn34)n2)cc1. The number of thiazole rings is 1. The van der Waals surface area contributed by atoms with Crippen LogP contribution in [0.15, 0.2) is 59.2 Å². The molecule has 0 fully saturated rings. The molecule has 0 atom stereocenters. The van der Waals surface area contributed by atoms with E-state index in [1.54, 1.807) is 7.11 Å². The summed E-state index contributed by atoms with van der Waals surface area (Å²) >= 11 is 2.72. The molecule has 1 amide bonds. The topological polar surface area (TPSA) is 81.4 Å². The number of thioether (sulfide) groups is 1. The molecule has 7 nitrogen and oxygen atoms in total. The summed E-state index contributed by atoms with van der Waals surface area (Å²) < 4.78 is 7.01. The number of fused-ring (bicyclic) bond motifs is 1. The average molecular weight is 397 g/mol. The van der Waals surface area contributed by atoms with Crippen LogP contribution in [-0.2, 0) is 4.79 Å². The lowest BCUT2D eigenvalue weighted by molar-refractivity contribution is -0.113. The van der Waals surface area contributed by atoms with Crippen LogP contribution in [0.4, 0.5) is 5.13 Å². The van der Waals surface area contributed by atoms with Gasteiger partial charge in [-0.05, 0) is 36.4 Å². The molecule has 0 aliphatic heterocycles. The molecule has 0 spiro atoms. The molecule has 0 bridgehead atoms. The number of carbonyl (C=O) groups is 1. The number of nitrogens with zero attached hydrogens (tertiary/aromatic N) is 4. The number of amides is 1. The highest BCUT2D eigenvalue weighted by Gasteiger charge is 2.11. The third kappa shape index (κ3) is 3.93. The monoisotopic (exact) mass is 397 g/mol. The molecule has 0 aliphatic rings. The largest absolute Gasteiger partial charge is 0.497 e. The minimum Gasteiger partial charge on any atom is -0.497 e. The van der Waals surface area contributed by atoms with Gasteiger partial charge in [0.1, 0.15) is 5.75 Å². The van der Waals surface area contributed by atoms with E-state index < -0.39 is 0 Å². The highest BCUT2D eigenvalue weighted by Crippen LogP contribution is 2.26. The van der Waals surface area contributed by atoms with E-state index in [1.807, 2.05) is 58.4 Å². The smallest absolute Gasteiger partial charge is 0.236 e. The molecule has 1 N–H and O–H groups in total. The summed E-state index contributed by atoms with van der Waals surface area (Å²) in [5.41, 5.74) is 2.54. The third-order valence-corrected chi connectivity index (χ3v) is 5.45. The number of hydrogen-bond acceptors (Lipinski definition) is 7. The first kappa shape index (κ1) is 17.5. The van der Waals surface area contributed by atoms with Gasteiger partial charge in [0.05, 0.1) is 18.6 Å². The fraction of sp³-hybridized carbons (Fsp3) is 0.111. The van der Waals surface area contributed by atoms with Crippen molar-refractivity contribution in [2.45, 2.75) is 5.16 Å². The van der Waals surface area contributed by atoms with E-state index in [2.05, 4.69) is 20.5 Å². The van der Waals surface area contributed by atoms with Crippen LogP contribution in [0.1, 0.15) is 0 Å². The van der Waals surface area contributed by atoms with E-state index in [0.29, 0.717) is 10.3 Å². The number of pyridine rings is 1. The zero-order valence-corrected chi connectivity index (χ0v) is 16.0. The van der Waals surface area contributed by atoms with Gasteiger partial charge in [0.25, 0.3) is 0 Å². The van der Waals surface area contributed by atoms with E-state index >= 15 is 0 Å². The summed E-state index contributed by atoms with van der Waals surface area (Å²) in [5.74, 6) is 0.886. The van der Waals surface area contributed by atoms with E-state index in [4.69, 9.17) is 4.74 Å². The maximum atomic E-state index is 12.2. The normalized spacial score (nSPS) is 10.9. The first-order valence-electron chi connectivity index (χ1n) is 8.05. The van der Waals surface area contributed by atoms with Crippen LogP contribution in [0, 0.1) is 0 Å². The van der Waals surface area contributed by atoms with Crippen molar-refractivity contribution < 1.29 is 9.53 Å². The molecule has 3 heterocycles. The molecular formula is C18H15N5O2S2. The summed E-state index contributed by atoms with van der Waals surface area (Å²) in [4.78, 5) is 16.7. The fourth-order valence-corrected chi connectivity index (χ4v) is 3.89. The lowest BCUT2D eigenvalue weighted by atomic mass is 10.2. The van der Waals surface area contributed by atoms with Crippen LogP contribution < -0.4 is 10.1 Å². The van der Waals surface area contributed by atoms with Gasteiger partial charge in [-0.3, -0.25) is 9.20 Å². The second kappa shape index (κ2) is 7.77. The molecule has 4 aromatic rings. The minimum atomic E-state index is -0.136. The molecule has 3 aromatic heterocycles. The maximum absolute atomic E-state index is 12.2. The molecule has 0 aliphatic carbocycles. The van der Waals surface area contributed by atoms with Gasteiger partial charge in [-0.15, -0.1) is 21.5 Å². The average Bonchev–Trinajstić information content (AvgIpc) is 3.33. The number of nitrogens with one attached hydrogen (secondary N) is 1. The van der Waals surface area contributed by atoms with Crippen molar-refractivity contribution in [1.82, 2.24) is 19.6 Å². The Bertz CT molecular complexity index is 1070. The quantitative estimate of drug-likeness (QED) is 0.501. The van der Waals surface area contributed by atoms with E-state index in [9.17, 15) is 4.79 Å². The van der Waals surface area contributed by atoms with Gasteiger partial charge in [0.15, 0.2) is 15.9 Å². The Morgan fingerprint density at radius 3 is 2.89 bits per heavy atom. The third-order valence-electron chi connectivity index (χ3n) is 3.75. The highest BCUT2D eigenvalue weighted by molar-refractivity contribution is 7.99. The van der Waals surface area contributed by atoms with Crippen molar-refractivity contribution in [3.63, 3.8) is 0 Å². The molecule has 1 aromatic carbocycles. The zero-order valence-electron chi connectivity index (χ0n) is 14.3. The molecule has 0 saturated carbocycles. The van der Waals surface area contributed by atoms with Crippen molar-refractivity contribution in [2.75, 3.05) is 18.2 Å². The van der Waals surface area contributed by atoms with E-state index in [0.717, 1.165) is 22.7 Å². The van der Waals surface area contributed by atoms with Crippen molar-refractivity contribution >= 4 is 39.8 Å². The van der Waals surface area contributed by atoms with Crippen LogP contribution >= 0.6 is 23.1 Å². The molecular weight excluding hydrogens is 382 g/mol. The number of hydrogen-bond donors (Lipinski definition) is 1. The highest BCUT2D eigenvalue weighted by atomic mass is 32.2. The van der Waals surface area contributed by atoms with Crippen LogP contribution in [0.25, 0.3) is 16.9 Å². The van der Waals surface area contributed by atoms with Crippen molar-refractivity contribution in [3.8, 4) is 17.0 Å². The summed E-state index contributed by atoms with van der Waals surface area (Å²) in [5, 5.41) is 14.2. The minimum absolute atomic E-state index is 0.136. The number of ether oxygens (including phenoxy) is 1. The van der Waals surface area contributed by atoms with Gasteiger partial charge >= 0.3 is 0 Å². The Morgan fingerprint density at radius 1 is 1.22 bits per heavy atom. The molecule has 9 heteroatoms. The summed E-state index contributed by atoms with van der Waals surface area (Å²) in [6.45, 7) is 0. The van der Waals surface area contributed by atoms with Gasteiger partial charge in [-0.1, -0.05) is 17.8 Å². The van der Waals surface area contributed by atoms with E-state index in [-0.39, 0.29) is 11.7 Å². The van der Waals surface area contributed by atoms with Crippen LogP contribution in [0.5, 0.6) is 5.75 Å². The Morgan fingerprint density at radius 2 is 2.07 bits per heavy atom. The van der Waals surface area contributed by atoms with Gasteiger partial charge in [0, 0.05) is 17.1 Å². The predicted molar refractivity (Wildman–Crippen MR) is 106 cm³/mol. The Kier molecular flexibility index (Phi) is 5.03. The molecule has 4 rings (SSSR count). The number of rotatable bonds is 6. The van der Waals surface area contributed by atoms with Crippen LogP contribution in [0.3, 0.4) is 0 Å². The molecule has 136 valence electrons. The molecule has 0 unspecified atom stereocenters. The number of carbonyl (C=O) groups excluding carboxylic acids is 1. The number of anilines is 1. The number of aromatic nitrogens is 4. The molecule has 27 heavy (non-hydrogen) atoms. The van der Waals surface area contributed by atoms with Crippen LogP contribution in [-0.4, -0.2) is 38.4 Å². The van der Waals surface area contributed by atoms with Crippen molar-refractivity contribution in [3.05, 3.63) is 54.0 Å². The number of methoxy groups -OCH3 is 1. The Hall–Kier alpha value is -2.91. The van der Waals surface area contributed by atoms with E-state index in [1.165, 1.54) is 23.1 Å². The Labute approximate surface area is 163 Å². The first-order chi connectivity index (χ1) is 13.2. The zero-order chi connectivity index (χ0) is 18.6. The van der Waals surface area contributed by atoms with Gasteiger partial charge in [-0.2, -0.15) is 0 Å². The van der Waals surface area contributed by atoms with Crippen LogP contribution in [0.2, 0.25) is 0 Å². The second-order valence-electron chi connectivity index (χ2n) is 5.51. The lowest BCUT2D eigenvalue weighted by Crippen LogP contribution is -2.14. The molecule has 0 radical (unpaired) electrons. The molecule has 0 saturated heterocycles. The maximum Gasteiger partial charge on any atom is 0.236 e. The first-order valence-corrected chi connectivity index (χ1v) is 9.92. The van der Waals surface area contributed by atoms with Crippen molar-refractivity contribution in [2.24, 2.45) is 0 Å². The lowest BCUT2D eigenvalue weighted by Gasteiger charge is -2.02. The van der Waals surface area contributed by atoms with Gasteiger partial charge < -0.3 is 10.1 Å². The summed E-state index contributed by atoms with van der Waals surface area (Å²) in [6.07, 6.45) is 1.87.